The van der Waals surface area contributed by atoms with Crippen LogP contribution in [0.2, 0.25) is 0 Å². The third-order valence-corrected chi connectivity index (χ3v) is 4.54. The average Bonchev–Trinajstić information content (AvgIpc) is 2.89. The Bertz CT molecular complexity index is 670. The highest BCUT2D eigenvalue weighted by Crippen LogP contribution is 2.15. The summed E-state index contributed by atoms with van der Waals surface area (Å²) in [6.07, 6.45) is 1.01. The smallest absolute Gasteiger partial charge is 0.253 e. The molecule has 132 valence electrons. The molecule has 4 heteroatoms. The van der Waals surface area contributed by atoms with Gasteiger partial charge in [-0.2, -0.15) is 0 Å². The predicted octanol–water partition coefficient (Wildman–Crippen LogP) is 3.43. The molecule has 0 N–H and O–H groups in total. The standard InChI is InChI=1S/C21H26N2O2/c1-2-25-20-11-9-19(10-12-20)21(24)23-14-6-13-22(15-16-23)17-18-7-4-3-5-8-18/h3-5,7-12H,2,6,13-17H2,1H3. The first kappa shape index (κ1) is 17.5. The molecular formula is C21H26N2O2. The fourth-order valence-corrected chi connectivity index (χ4v) is 3.22. The van der Waals surface area contributed by atoms with Crippen molar-refractivity contribution in [2.75, 3.05) is 32.8 Å². The topological polar surface area (TPSA) is 32.8 Å². The molecule has 1 amide bonds. The Labute approximate surface area is 150 Å². The van der Waals surface area contributed by atoms with Crippen LogP contribution in [0.3, 0.4) is 0 Å². The van der Waals surface area contributed by atoms with Crippen molar-refractivity contribution in [3.8, 4) is 5.75 Å². The lowest BCUT2D eigenvalue weighted by molar-refractivity contribution is 0.0761. The highest BCUT2D eigenvalue weighted by atomic mass is 16.5. The Hall–Kier alpha value is -2.33. The summed E-state index contributed by atoms with van der Waals surface area (Å²) in [4.78, 5) is 17.2. The number of rotatable bonds is 5. The number of carbonyl (C=O) groups excluding carboxylic acids is 1. The maximum atomic E-state index is 12.8. The van der Waals surface area contributed by atoms with Crippen LogP contribution in [0.1, 0.15) is 29.3 Å². The van der Waals surface area contributed by atoms with Gasteiger partial charge in [-0.3, -0.25) is 9.69 Å². The van der Waals surface area contributed by atoms with Crippen molar-refractivity contribution >= 4 is 5.91 Å². The Morgan fingerprint density at radius 2 is 1.72 bits per heavy atom. The third kappa shape index (κ3) is 4.83. The molecule has 1 aliphatic heterocycles. The summed E-state index contributed by atoms with van der Waals surface area (Å²) in [6, 6.07) is 18.0. The van der Waals surface area contributed by atoms with Gasteiger partial charge in [-0.15, -0.1) is 0 Å². The SMILES string of the molecule is CCOc1ccc(C(=O)N2CCCN(Cc3ccccc3)CC2)cc1. The largest absolute Gasteiger partial charge is 0.494 e. The summed E-state index contributed by atoms with van der Waals surface area (Å²) >= 11 is 0. The van der Waals surface area contributed by atoms with Crippen molar-refractivity contribution in [3.05, 3.63) is 65.7 Å². The van der Waals surface area contributed by atoms with E-state index in [-0.39, 0.29) is 5.91 Å². The number of benzene rings is 2. The van der Waals surface area contributed by atoms with Crippen molar-refractivity contribution in [1.82, 2.24) is 9.80 Å². The number of amides is 1. The molecule has 0 saturated carbocycles. The van der Waals surface area contributed by atoms with Crippen LogP contribution in [-0.2, 0) is 6.54 Å². The predicted molar refractivity (Wildman–Crippen MR) is 99.9 cm³/mol. The quantitative estimate of drug-likeness (QED) is 0.837. The molecule has 2 aromatic rings. The first-order valence-electron chi connectivity index (χ1n) is 9.04. The van der Waals surface area contributed by atoms with Gasteiger partial charge in [0.15, 0.2) is 0 Å². The van der Waals surface area contributed by atoms with Gasteiger partial charge < -0.3 is 9.64 Å². The molecule has 1 fully saturated rings. The summed E-state index contributed by atoms with van der Waals surface area (Å²) < 4.78 is 5.45. The molecule has 1 aliphatic rings. The van der Waals surface area contributed by atoms with Crippen LogP contribution in [0.4, 0.5) is 0 Å². The van der Waals surface area contributed by atoms with Crippen LogP contribution in [0.25, 0.3) is 0 Å². The molecule has 0 radical (unpaired) electrons. The van der Waals surface area contributed by atoms with Gasteiger partial charge in [0.25, 0.3) is 5.91 Å². The monoisotopic (exact) mass is 338 g/mol. The minimum Gasteiger partial charge on any atom is -0.494 e. The van der Waals surface area contributed by atoms with Gasteiger partial charge in [-0.05, 0) is 43.2 Å². The first-order valence-corrected chi connectivity index (χ1v) is 9.04. The Morgan fingerprint density at radius 1 is 0.960 bits per heavy atom. The van der Waals surface area contributed by atoms with Crippen LogP contribution < -0.4 is 4.74 Å². The summed E-state index contributed by atoms with van der Waals surface area (Å²) in [5.41, 5.74) is 2.06. The molecule has 3 rings (SSSR count). The van der Waals surface area contributed by atoms with Crippen LogP contribution >= 0.6 is 0 Å². The van der Waals surface area contributed by atoms with E-state index >= 15 is 0 Å². The van der Waals surface area contributed by atoms with Crippen molar-refractivity contribution in [1.29, 1.82) is 0 Å². The van der Waals surface area contributed by atoms with Gasteiger partial charge in [-0.25, -0.2) is 0 Å². The number of ether oxygens (including phenoxy) is 1. The van der Waals surface area contributed by atoms with Crippen LogP contribution in [0.5, 0.6) is 5.75 Å². The highest BCUT2D eigenvalue weighted by Gasteiger charge is 2.20. The van der Waals surface area contributed by atoms with Gasteiger partial charge in [0.2, 0.25) is 0 Å². The number of carbonyl (C=O) groups is 1. The van der Waals surface area contributed by atoms with E-state index in [4.69, 9.17) is 4.74 Å². The van der Waals surface area contributed by atoms with E-state index < -0.39 is 0 Å². The molecule has 1 heterocycles. The molecule has 0 spiro atoms. The van der Waals surface area contributed by atoms with E-state index in [1.165, 1.54) is 5.56 Å². The van der Waals surface area contributed by atoms with Crippen molar-refractivity contribution < 1.29 is 9.53 Å². The molecule has 1 saturated heterocycles. The van der Waals surface area contributed by atoms with E-state index in [0.717, 1.165) is 50.5 Å². The Morgan fingerprint density at radius 3 is 2.44 bits per heavy atom. The van der Waals surface area contributed by atoms with Crippen molar-refractivity contribution in [3.63, 3.8) is 0 Å². The zero-order valence-corrected chi connectivity index (χ0v) is 14.9. The van der Waals surface area contributed by atoms with E-state index in [0.29, 0.717) is 6.61 Å². The second-order valence-electron chi connectivity index (χ2n) is 6.36. The molecule has 0 aromatic heterocycles. The van der Waals surface area contributed by atoms with Gasteiger partial charge in [0, 0.05) is 38.3 Å². The molecule has 0 atom stereocenters. The van der Waals surface area contributed by atoms with Gasteiger partial charge >= 0.3 is 0 Å². The summed E-state index contributed by atoms with van der Waals surface area (Å²) in [7, 11) is 0. The maximum Gasteiger partial charge on any atom is 0.253 e. The lowest BCUT2D eigenvalue weighted by atomic mass is 10.2. The lowest BCUT2D eigenvalue weighted by Crippen LogP contribution is -2.35. The first-order chi connectivity index (χ1) is 12.3. The Balaban J connectivity index is 1.57. The highest BCUT2D eigenvalue weighted by molar-refractivity contribution is 5.94. The van der Waals surface area contributed by atoms with Crippen LogP contribution in [0.15, 0.2) is 54.6 Å². The summed E-state index contributed by atoms with van der Waals surface area (Å²) in [5, 5.41) is 0. The molecule has 0 aliphatic carbocycles. The van der Waals surface area contributed by atoms with Crippen LogP contribution in [0, 0.1) is 0 Å². The van der Waals surface area contributed by atoms with Gasteiger partial charge in [0.1, 0.15) is 5.75 Å². The average molecular weight is 338 g/mol. The van der Waals surface area contributed by atoms with Crippen molar-refractivity contribution in [2.24, 2.45) is 0 Å². The second-order valence-corrected chi connectivity index (χ2v) is 6.36. The zero-order valence-electron chi connectivity index (χ0n) is 14.9. The second kappa shape index (κ2) is 8.67. The minimum absolute atomic E-state index is 0.115. The maximum absolute atomic E-state index is 12.8. The summed E-state index contributed by atoms with van der Waals surface area (Å²) in [6.45, 7) is 7.08. The van der Waals surface area contributed by atoms with Gasteiger partial charge in [-0.1, -0.05) is 30.3 Å². The van der Waals surface area contributed by atoms with E-state index in [9.17, 15) is 4.79 Å². The minimum atomic E-state index is 0.115. The van der Waals surface area contributed by atoms with Gasteiger partial charge in [0.05, 0.1) is 6.61 Å². The molecule has 25 heavy (non-hydrogen) atoms. The molecule has 2 aromatic carbocycles. The zero-order chi connectivity index (χ0) is 17.5. The number of hydrogen-bond donors (Lipinski definition) is 0. The van der Waals surface area contributed by atoms with E-state index in [2.05, 4.69) is 29.2 Å². The number of nitrogens with zero attached hydrogens (tertiary/aromatic N) is 2. The molecular weight excluding hydrogens is 312 g/mol. The van der Waals surface area contributed by atoms with E-state index in [1.54, 1.807) is 0 Å². The molecule has 0 bridgehead atoms. The molecule has 4 nitrogen and oxygen atoms in total. The Kier molecular flexibility index (Phi) is 6.07. The fourth-order valence-electron chi connectivity index (χ4n) is 3.22. The third-order valence-electron chi connectivity index (χ3n) is 4.54. The van der Waals surface area contributed by atoms with E-state index in [1.807, 2.05) is 42.2 Å². The fraction of sp³-hybridized carbons (Fsp3) is 0.381. The summed E-state index contributed by atoms with van der Waals surface area (Å²) in [5.74, 6) is 0.925. The van der Waals surface area contributed by atoms with Crippen LogP contribution in [-0.4, -0.2) is 48.5 Å². The lowest BCUT2D eigenvalue weighted by Gasteiger charge is -2.22. The normalized spacial score (nSPS) is 15.6. The number of hydrogen-bond acceptors (Lipinski definition) is 3. The van der Waals surface area contributed by atoms with Crippen molar-refractivity contribution in [2.45, 2.75) is 19.9 Å². The molecule has 0 unspecified atom stereocenters.